The van der Waals surface area contributed by atoms with Gasteiger partial charge in [0, 0.05) is 12.8 Å². The standard InChI is InChI=1S/C74H145NO5/c1-3-5-7-9-11-13-15-16-17-18-34-38-41-44-48-52-56-60-64-68-74(79)80-69-65-61-57-53-49-45-42-39-36-33-31-29-27-25-23-21-19-20-22-24-26-28-30-32-35-37-40-43-47-51-55-59-63-67-73(78)75-71(70-76)72(77)66-62-58-54-50-46-14-12-10-8-6-4-2/h16-17,71-72,76-77H,3-15,18-70H2,1-2H3,(H,75,78)/b17-16-. The molecule has 0 heterocycles. The predicted molar refractivity (Wildman–Crippen MR) is 352 cm³/mol. The van der Waals surface area contributed by atoms with Crippen LogP contribution in [0.2, 0.25) is 0 Å². The smallest absolute Gasteiger partial charge is 0.305 e. The highest BCUT2D eigenvalue weighted by molar-refractivity contribution is 5.76. The fourth-order valence-corrected chi connectivity index (χ4v) is 11.9. The Morgan fingerprint density at radius 2 is 0.588 bits per heavy atom. The summed E-state index contributed by atoms with van der Waals surface area (Å²) in [7, 11) is 0. The Bertz CT molecular complexity index is 1210. The van der Waals surface area contributed by atoms with E-state index in [4.69, 9.17) is 4.74 Å². The van der Waals surface area contributed by atoms with Crippen LogP contribution < -0.4 is 5.32 Å². The number of amides is 1. The molecule has 3 N–H and O–H groups in total. The van der Waals surface area contributed by atoms with Crippen LogP contribution in [0.4, 0.5) is 0 Å². The molecule has 0 fully saturated rings. The first kappa shape index (κ1) is 78.6. The number of allylic oxidation sites excluding steroid dienone is 2. The number of nitrogens with one attached hydrogen (secondary N) is 1. The zero-order valence-corrected chi connectivity index (χ0v) is 54.6. The number of aliphatic hydroxyl groups excluding tert-OH is 2. The number of carbonyl (C=O) groups is 2. The Kier molecular flexibility index (Phi) is 68.9. The van der Waals surface area contributed by atoms with E-state index in [1.807, 2.05) is 0 Å². The van der Waals surface area contributed by atoms with Crippen molar-refractivity contribution in [1.82, 2.24) is 5.32 Å². The molecule has 0 rings (SSSR count). The number of hydrogen-bond acceptors (Lipinski definition) is 5. The van der Waals surface area contributed by atoms with Crippen LogP contribution in [0.15, 0.2) is 12.2 Å². The van der Waals surface area contributed by atoms with Crippen LogP contribution in [-0.4, -0.2) is 47.4 Å². The number of ether oxygens (including phenoxy) is 1. The summed E-state index contributed by atoms with van der Waals surface area (Å²) in [5, 5.41) is 23.2. The van der Waals surface area contributed by atoms with Gasteiger partial charge in [-0.2, -0.15) is 0 Å². The molecule has 0 aliphatic rings. The summed E-state index contributed by atoms with van der Waals surface area (Å²) in [6.45, 7) is 4.98. The highest BCUT2D eigenvalue weighted by Crippen LogP contribution is 2.20. The molecule has 6 nitrogen and oxygen atoms in total. The van der Waals surface area contributed by atoms with Gasteiger partial charge in [0.1, 0.15) is 0 Å². The highest BCUT2D eigenvalue weighted by atomic mass is 16.5. The van der Waals surface area contributed by atoms with E-state index >= 15 is 0 Å². The van der Waals surface area contributed by atoms with Gasteiger partial charge in [0.05, 0.1) is 25.4 Å². The van der Waals surface area contributed by atoms with Gasteiger partial charge in [-0.1, -0.05) is 373 Å². The van der Waals surface area contributed by atoms with E-state index in [9.17, 15) is 19.8 Å². The molecule has 0 aliphatic heterocycles. The lowest BCUT2D eigenvalue weighted by Gasteiger charge is -2.22. The van der Waals surface area contributed by atoms with E-state index in [-0.39, 0.29) is 18.5 Å². The Morgan fingerprint density at radius 1 is 0.338 bits per heavy atom. The van der Waals surface area contributed by atoms with E-state index in [2.05, 4.69) is 31.3 Å². The summed E-state index contributed by atoms with van der Waals surface area (Å²) >= 11 is 0. The fourth-order valence-electron chi connectivity index (χ4n) is 11.9. The molecular formula is C74H145NO5. The summed E-state index contributed by atoms with van der Waals surface area (Å²) in [5.74, 6) is -0.00643. The minimum absolute atomic E-state index is 0.0222. The van der Waals surface area contributed by atoms with Gasteiger partial charge < -0.3 is 20.3 Å². The molecular weight excluding hydrogens is 983 g/mol. The fraction of sp³-hybridized carbons (Fsp3) is 0.946. The van der Waals surface area contributed by atoms with Crippen LogP contribution in [0.5, 0.6) is 0 Å². The third kappa shape index (κ3) is 65.7. The molecule has 2 unspecified atom stereocenters. The van der Waals surface area contributed by atoms with E-state index in [1.54, 1.807) is 0 Å². The van der Waals surface area contributed by atoms with Gasteiger partial charge in [-0.25, -0.2) is 0 Å². The van der Waals surface area contributed by atoms with Crippen molar-refractivity contribution in [2.24, 2.45) is 0 Å². The zero-order valence-electron chi connectivity index (χ0n) is 54.6. The van der Waals surface area contributed by atoms with Crippen LogP contribution >= 0.6 is 0 Å². The maximum atomic E-state index is 12.5. The van der Waals surface area contributed by atoms with E-state index in [1.165, 1.54) is 353 Å². The molecule has 0 aromatic carbocycles. The molecule has 2 atom stereocenters. The van der Waals surface area contributed by atoms with Crippen molar-refractivity contribution >= 4 is 11.9 Å². The molecule has 1 amide bonds. The van der Waals surface area contributed by atoms with Crippen molar-refractivity contribution in [2.45, 2.75) is 437 Å². The third-order valence-corrected chi connectivity index (χ3v) is 17.6. The van der Waals surface area contributed by atoms with Crippen LogP contribution in [0, 0.1) is 0 Å². The number of unbranched alkanes of at least 4 members (excludes halogenated alkanes) is 57. The number of aliphatic hydroxyl groups is 2. The molecule has 0 aromatic heterocycles. The molecule has 0 bridgehead atoms. The maximum absolute atomic E-state index is 12.5. The van der Waals surface area contributed by atoms with Gasteiger partial charge in [0.2, 0.25) is 5.91 Å². The Balaban J connectivity index is 3.28. The quantitative estimate of drug-likeness (QED) is 0.0320. The number of esters is 1. The maximum Gasteiger partial charge on any atom is 0.305 e. The summed E-state index contributed by atoms with van der Waals surface area (Å²) in [4.78, 5) is 24.6. The van der Waals surface area contributed by atoms with Gasteiger partial charge in [0.25, 0.3) is 0 Å². The lowest BCUT2D eigenvalue weighted by atomic mass is 10.0. The number of carbonyl (C=O) groups excluding carboxylic acids is 2. The lowest BCUT2D eigenvalue weighted by molar-refractivity contribution is -0.143. The summed E-state index contributed by atoms with van der Waals surface area (Å²) < 4.78 is 5.52. The second-order valence-corrected chi connectivity index (χ2v) is 25.6. The Labute approximate surface area is 501 Å². The van der Waals surface area contributed by atoms with Gasteiger partial charge in [0.15, 0.2) is 0 Å². The van der Waals surface area contributed by atoms with E-state index in [0.29, 0.717) is 25.9 Å². The van der Waals surface area contributed by atoms with Crippen molar-refractivity contribution in [3.8, 4) is 0 Å². The summed E-state index contributed by atoms with van der Waals surface area (Å²) in [6.07, 6.45) is 87.2. The van der Waals surface area contributed by atoms with Gasteiger partial charge in [-0.3, -0.25) is 9.59 Å². The molecule has 476 valence electrons. The van der Waals surface area contributed by atoms with Crippen LogP contribution in [-0.2, 0) is 14.3 Å². The van der Waals surface area contributed by atoms with Gasteiger partial charge in [-0.15, -0.1) is 0 Å². The third-order valence-electron chi connectivity index (χ3n) is 17.6. The first-order chi connectivity index (χ1) is 39.5. The summed E-state index contributed by atoms with van der Waals surface area (Å²) in [5.41, 5.74) is 0. The van der Waals surface area contributed by atoms with Gasteiger partial charge in [-0.05, 0) is 51.4 Å². The first-order valence-electron chi connectivity index (χ1n) is 36.9. The largest absolute Gasteiger partial charge is 0.466 e. The van der Waals surface area contributed by atoms with Gasteiger partial charge >= 0.3 is 5.97 Å². The molecule has 0 radical (unpaired) electrons. The second kappa shape index (κ2) is 70.1. The number of rotatable bonds is 70. The molecule has 0 aromatic rings. The average molecular weight is 1130 g/mol. The first-order valence-corrected chi connectivity index (χ1v) is 36.9. The molecule has 80 heavy (non-hydrogen) atoms. The van der Waals surface area contributed by atoms with E-state index < -0.39 is 12.1 Å². The summed E-state index contributed by atoms with van der Waals surface area (Å²) in [6, 6.07) is -0.535. The highest BCUT2D eigenvalue weighted by Gasteiger charge is 2.20. The zero-order chi connectivity index (χ0) is 57.8. The predicted octanol–water partition coefficient (Wildman–Crippen LogP) is 23.9. The topological polar surface area (TPSA) is 95.9 Å². The lowest BCUT2D eigenvalue weighted by Crippen LogP contribution is -2.45. The minimum atomic E-state index is -0.658. The molecule has 0 saturated heterocycles. The van der Waals surface area contributed by atoms with Crippen LogP contribution in [0.1, 0.15) is 425 Å². The minimum Gasteiger partial charge on any atom is -0.466 e. The average Bonchev–Trinajstić information content (AvgIpc) is 3.46. The Morgan fingerprint density at radius 3 is 0.887 bits per heavy atom. The number of hydrogen-bond donors (Lipinski definition) is 3. The monoisotopic (exact) mass is 1130 g/mol. The second-order valence-electron chi connectivity index (χ2n) is 25.6. The normalized spacial score (nSPS) is 12.5. The van der Waals surface area contributed by atoms with Crippen molar-refractivity contribution in [3.05, 3.63) is 12.2 Å². The van der Waals surface area contributed by atoms with Crippen molar-refractivity contribution in [3.63, 3.8) is 0 Å². The molecule has 0 spiro atoms. The van der Waals surface area contributed by atoms with Crippen molar-refractivity contribution < 1.29 is 24.5 Å². The SMILES string of the molecule is CCCCCCCC/C=C\CCCCCCCCCCCC(=O)OCCCCCCCCCCCCCCCCCCCCCCCCCCCCCCCCCCCC(=O)NC(CO)C(O)CCCCCCCCCCCCC. The van der Waals surface area contributed by atoms with Crippen LogP contribution in [0.3, 0.4) is 0 Å². The molecule has 0 aliphatic carbocycles. The molecule has 6 heteroatoms. The van der Waals surface area contributed by atoms with E-state index in [0.717, 1.165) is 38.5 Å². The Hall–Kier alpha value is -1.40. The van der Waals surface area contributed by atoms with Crippen molar-refractivity contribution in [1.29, 1.82) is 0 Å². The van der Waals surface area contributed by atoms with Crippen molar-refractivity contribution in [2.75, 3.05) is 13.2 Å². The molecule has 0 saturated carbocycles. The van der Waals surface area contributed by atoms with Crippen LogP contribution in [0.25, 0.3) is 0 Å².